The molecule has 1 aliphatic rings. The summed E-state index contributed by atoms with van der Waals surface area (Å²) < 4.78 is 26.9. The molecular formula is C11H16BrN3O2S. The van der Waals surface area contributed by atoms with E-state index in [1.165, 1.54) is 12.8 Å². The van der Waals surface area contributed by atoms with Crippen LogP contribution in [-0.4, -0.2) is 31.7 Å². The van der Waals surface area contributed by atoms with Crippen molar-refractivity contribution in [3.05, 3.63) is 22.9 Å². The van der Waals surface area contributed by atoms with Crippen molar-refractivity contribution in [3.63, 3.8) is 0 Å². The molecule has 0 radical (unpaired) electrons. The molecule has 1 fully saturated rings. The van der Waals surface area contributed by atoms with Crippen molar-refractivity contribution in [2.45, 2.75) is 25.3 Å². The average Bonchev–Trinajstić information content (AvgIpc) is 3.12. The molecule has 100 valence electrons. The van der Waals surface area contributed by atoms with E-state index in [2.05, 4.69) is 31.0 Å². The molecule has 1 aromatic heterocycles. The van der Waals surface area contributed by atoms with Crippen LogP contribution in [0.1, 0.15) is 19.3 Å². The van der Waals surface area contributed by atoms with Gasteiger partial charge in [-0.05, 0) is 47.8 Å². The highest BCUT2D eigenvalue weighted by Crippen LogP contribution is 2.21. The van der Waals surface area contributed by atoms with Crippen molar-refractivity contribution < 1.29 is 8.42 Å². The van der Waals surface area contributed by atoms with Gasteiger partial charge in [0.2, 0.25) is 10.0 Å². The Morgan fingerprint density at radius 1 is 1.44 bits per heavy atom. The van der Waals surface area contributed by atoms with Gasteiger partial charge in [0.05, 0.1) is 15.9 Å². The van der Waals surface area contributed by atoms with Crippen LogP contribution in [0.5, 0.6) is 0 Å². The molecule has 2 rings (SSSR count). The summed E-state index contributed by atoms with van der Waals surface area (Å²) in [5.41, 5.74) is 0.528. The van der Waals surface area contributed by atoms with Crippen molar-refractivity contribution >= 4 is 31.6 Å². The zero-order chi connectivity index (χ0) is 13.0. The molecule has 1 saturated carbocycles. The number of pyridine rings is 1. The molecule has 18 heavy (non-hydrogen) atoms. The topological polar surface area (TPSA) is 71.1 Å². The molecule has 2 N–H and O–H groups in total. The smallest absolute Gasteiger partial charge is 0.232 e. The molecular weight excluding hydrogens is 318 g/mol. The Morgan fingerprint density at radius 2 is 2.22 bits per heavy atom. The lowest BCUT2D eigenvalue weighted by Crippen LogP contribution is -2.23. The quantitative estimate of drug-likeness (QED) is 0.745. The lowest BCUT2D eigenvalue weighted by Gasteiger charge is -2.09. The van der Waals surface area contributed by atoms with E-state index in [0.29, 0.717) is 22.6 Å². The first-order chi connectivity index (χ1) is 8.57. The van der Waals surface area contributed by atoms with Gasteiger partial charge in [-0.2, -0.15) is 0 Å². The summed E-state index contributed by atoms with van der Waals surface area (Å²) in [6, 6.07) is 2.25. The fraction of sp³-hybridized carbons (Fsp3) is 0.545. The van der Waals surface area contributed by atoms with E-state index >= 15 is 0 Å². The lowest BCUT2D eigenvalue weighted by molar-refractivity contribution is 0.593. The molecule has 7 heteroatoms. The number of sulfonamides is 1. The first-order valence-corrected chi connectivity index (χ1v) is 8.35. The van der Waals surface area contributed by atoms with Crippen molar-refractivity contribution in [1.82, 2.24) is 10.3 Å². The van der Waals surface area contributed by atoms with Crippen LogP contribution >= 0.6 is 15.9 Å². The first-order valence-electron chi connectivity index (χ1n) is 5.90. The molecule has 0 amide bonds. The summed E-state index contributed by atoms with van der Waals surface area (Å²) in [6.07, 6.45) is 6.17. The van der Waals surface area contributed by atoms with Crippen molar-refractivity contribution in [3.8, 4) is 0 Å². The number of aromatic nitrogens is 1. The summed E-state index contributed by atoms with van der Waals surface area (Å²) in [5, 5.41) is 3.29. The fourth-order valence-electron chi connectivity index (χ4n) is 1.53. The van der Waals surface area contributed by atoms with E-state index in [1.807, 2.05) is 0 Å². The Hall–Kier alpha value is -0.660. The second-order valence-corrected chi connectivity index (χ2v) is 7.05. The van der Waals surface area contributed by atoms with Gasteiger partial charge in [0.25, 0.3) is 0 Å². The van der Waals surface area contributed by atoms with Gasteiger partial charge >= 0.3 is 0 Å². The van der Waals surface area contributed by atoms with Crippen LogP contribution in [-0.2, 0) is 10.0 Å². The normalized spacial score (nSPS) is 15.6. The molecule has 0 aromatic carbocycles. The molecule has 0 unspecified atom stereocenters. The van der Waals surface area contributed by atoms with Crippen LogP contribution in [0.15, 0.2) is 22.9 Å². The number of anilines is 1. The first kappa shape index (κ1) is 13.8. The van der Waals surface area contributed by atoms with Gasteiger partial charge in [0.1, 0.15) is 0 Å². The van der Waals surface area contributed by atoms with E-state index in [4.69, 9.17) is 0 Å². The monoisotopic (exact) mass is 333 g/mol. The second-order valence-electron chi connectivity index (χ2n) is 4.36. The zero-order valence-corrected chi connectivity index (χ0v) is 12.3. The Bertz CT molecular complexity index is 503. The van der Waals surface area contributed by atoms with E-state index < -0.39 is 10.0 Å². The second kappa shape index (κ2) is 5.99. The highest BCUT2D eigenvalue weighted by Gasteiger charge is 2.20. The largest absolute Gasteiger partial charge is 0.314 e. The van der Waals surface area contributed by atoms with Gasteiger partial charge in [-0.15, -0.1) is 0 Å². The van der Waals surface area contributed by atoms with Crippen LogP contribution < -0.4 is 10.0 Å². The highest BCUT2D eigenvalue weighted by atomic mass is 79.9. The van der Waals surface area contributed by atoms with Gasteiger partial charge in [-0.3, -0.25) is 9.71 Å². The number of nitrogens with one attached hydrogen (secondary N) is 2. The average molecular weight is 334 g/mol. The molecule has 1 aliphatic carbocycles. The van der Waals surface area contributed by atoms with Gasteiger partial charge in [0, 0.05) is 18.4 Å². The standard InChI is InChI=1S/C11H16BrN3O2S/c12-10-8-13-6-4-11(10)15-18(16,17)7-1-5-14-9-2-3-9/h4,6,8-9,14H,1-3,5,7H2,(H,13,15). The van der Waals surface area contributed by atoms with Crippen molar-refractivity contribution in [2.24, 2.45) is 0 Å². The maximum Gasteiger partial charge on any atom is 0.232 e. The summed E-state index contributed by atoms with van der Waals surface area (Å²) in [4.78, 5) is 3.88. The van der Waals surface area contributed by atoms with E-state index in [0.717, 1.165) is 6.54 Å². The number of hydrogen-bond acceptors (Lipinski definition) is 4. The van der Waals surface area contributed by atoms with Crippen LogP contribution in [0.3, 0.4) is 0 Å². The molecule has 1 heterocycles. The third kappa shape index (κ3) is 4.55. The van der Waals surface area contributed by atoms with E-state index in [9.17, 15) is 8.42 Å². The molecule has 0 aliphatic heterocycles. The SMILES string of the molecule is O=S(=O)(CCCNC1CC1)Nc1ccncc1Br. The van der Waals surface area contributed by atoms with E-state index in [1.54, 1.807) is 18.5 Å². The summed E-state index contributed by atoms with van der Waals surface area (Å²) in [6.45, 7) is 0.753. The fourth-order valence-corrected chi connectivity index (χ4v) is 3.15. The third-order valence-corrected chi connectivity index (χ3v) is 4.63. The lowest BCUT2D eigenvalue weighted by atomic mass is 10.4. The molecule has 0 atom stereocenters. The number of halogens is 1. The predicted molar refractivity (Wildman–Crippen MR) is 75.0 cm³/mol. The van der Waals surface area contributed by atoms with Crippen LogP contribution in [0.2, 0.25) is 0 Å². The van der Waals surface area contributed by atoms with E-state index in [-0.39, 0.29) is 5.75 Å². The minimum Gasteiger partial charge on any atom is -0.314 e. The minimum absolute atomic E-state index is 0.126. The minimum atomic E-state index is -3.28. The molecule has 0 saturated heterocycles. The summed E-state index contributed by atoms with van der Waals surface area (Å²) in [7, 11) is -3.28. The van der Waals surface area contributed by atoms with Gasteiger partial charge in [-0.1, -0.05) is 0 Å². The van der Waals surface area contributed by atoms with Crippen molar-refractivity contribution in [1.29, 1.82) is 0 Å². The summed E-state index contributed by atoms with van der Waals surface area (Å²) in [5.74, 6) is 0.126. The van der Waals surface area contributed by atoms with Gasteiger partial charge in [0.15, 0.2) is 0 Å². The Morgan fingerprint density at radius 3 is 2.89 bits per heavy atom. The predicted octanol–water partition coefficient (Wildman–Crippen LogP) is 1.73. The maximum atomic E-state index is 11.8. The number of nitrogens with zero attached hydrogens (tertiary/aromatic N) is 1. The third-order valence-electron chi connectivity index (χ3n) is 2.64. The molecule has 0 spiro atoms. The highest BCUT2D eigenvalue weighted by molar-refractivity contribution is 9.10. The number of hydrogen-bond donors (Lipinski definition) is 2. The number of rotatable bonds is 7. The zero-order valence-electron chi connectivity index (χ0n) is 9.89. The van der Waals surface area contributed by atoms with Crippen LogP contribution in [0.4, 0.5) is 5.69 Å². The molecule has 1 aromatic rings. The Labute approximate surface area is 116 Å². The summed E-state index contributed by atoms with van der Waals surface area (Å²) >= 11 is 3.26. The molecule has 5 nitrogen and oxygen atoms in total. The van der Waals surface area contributed by atoms with Gasteiger partial charge in [-0.25, -0.2) is 8.42 Å². The Balaban J connectivity index is 1.80. The van der Waals surface area contributed by atoms with Crippen molar-refractivity contribution in [2.75, 3.05) is 17.0 Å². The van der Waals surface area contributed by atoms with Crippen LogP contribution in [0, 0.1) is 0 Å². The molecule has 0 bridgehead atoms. The van der Waals surface area contributed by atoms with Gasteiger partial charge < -0.3 is 5.32 Å². The maximum absolute atomic E-state index is 11.8. The Kier molecular flexibility index (Phi) is 4.58. The van der Waals surface area contributed by atoms with Crippen LogP contribution in [0.25, 0.3) is 0 Å².